The van der Waals surface area contributed by atoms with E-state index in [4.69, 9.17) is 5.73 Å². The number of hydrogen-bond donors (Lipinski definition) is 1. The first-order valence-electron chi connectivity index (χ1n) is 5.18. The van der Waals surface area contributed by atoms with E-state index in [0.717, 1.165) is 16.7 Å². The Morgan fingerprint density at radius 3 is 2.89 bits per heavy atom. The Balaban J connectivity index is 0.00000120. The van der Waals surface area contributed by atoms with Gasteiger partial charge in [-0.2, -0.15) is 5.10 Å². The molecule has 0 atom stereocenters. The van der Waals surface area contributed by atoms with Crippen LogP contribution in [-0.2, 0) is 6.54 Å². The van der Waals surface area contributed by atoms with Gasteiger partial charge >= 0.3 is 0 Å². The minimum absolute atomic E-state index is 0. The molecule has 0 saturated carbocycles. The number of pyridine rings is 2. The molecule has 0 radical (unpaired) electrons. The summed E-state index contributed by atoms with van der Waals surface area (Å²) in [6, 6.07) is 5.68. The monoisotopic (exact) mass is 262 g/mol. The summed E-state index contributed by atoms with van der Waals surface area (Å²) in [7, 11) is 0. The molecule has 0 spiro atoms. The third-order valence-corrected chi connectivity index (χ3v) is 2.48. The number of nitrogens with two attached hydrogens (primary N) is 1. The van der Waals surface area contributed by atoms with Crippen LogP contribution in [-0.4, -0.2) is 24.7 Å². The number of nitrogens with zero attached hydrogens (tertiary/aromatic N) is 5. The van der Waals surface area contributed by atoms with E-state index in [1.807, 2.05) is 18.2 Å². The van der Waals surface area contributed by atoms with E-state index in [0.29, 0.717) is 12.4 Å². The summed E-state index contributed by atoms with van der Waals surface area (Å²) in [5, 5.41) is 4.12. The van der Waals surface area contributed by atoms with Gasteiger partial charge in [0, 0.05) is 6.20 Å². The molecule has 7 heteroatoms. The second kappa shape index (κ2) is 5.07. The molecule has 6 nitrogen and oxygen atoms in total. The van der Waals surface area contributed by atoms with Crippen molar-refractivity contribution < 1.29 is 0 Å². The maximum absolute atomic E-state index is 5.59. The summed E-state index contributed by atoms with van der Waals surface area (Å²) in [5.41, 5.74) is 8.07. The van der Waals surface area contributed by atoms with Crippen LogP contribution in [0, 0.1) is 0 Å². The smallest absolute Gasteiger partial charge is 0.146 e. The quantitative estimate of drug-likeness (QED) is 0.748. The van der Waals surface area contributed by atoms with Crippen molar-refractivity contribution >= 4 is 23.4 Å². The zero-order valence-corrected chi connectivity index (χ0v) is 10.2. The van der Waals surface area contributed by atoms with Crippen LogP contribution in [0.15, 0.2) is 36.9 Å². The lowest BCUT2D eigenvalue weighted by Gasteiger charge is -2.04. The first-order chi connectivity index (χ1) is 8.38. The summed E-state index contributed by atoms with van der Waals surface area (Å²) in [4.78, 5) is 12.6. The van der Waals surface area contributed by atoms with Crippen molar-refractivity contribution in [2.45, 2.75) is 6.54 Å². The molecule has 0 amide bonds. The fraction of sp³-hybridized carbons (Fsp3) is 0.0909. The lowest BCUT2D eigenvalue weighted by Crippen LogP contribution is -2.08. The molecule has 3 aromatic heterocycles. The predicted molar refractivity (Wildman–Crippen MR) is 69.6 cm³/mol. The van der Waals surface area contributed by atoms with Gasteiger partial charge in [0.15, 0.2) is 0 Å². The number of fused-ring (bicyclic) bond motifs is 1. The first kappa shape index (κ1) is 12.4. The lowest BCUT2D eigenvalue weighted by atomic mass is 10.3. The SMILES string of the molecule is Cl.NCc1ncnn1-c1cnc2cccnc2c1. The van der Waals surface area contributed by atoms with Gasteiger partial charge in [-0.05, 0) is 18.2 Å². The van der Waals surface area contributed by atoms with Crippen molar-refractivity contribution in [2.75, 3.05) is 0 Å². The van der Waals surface area contributed by atoms with E-state index in [1.165, 1.54) is 6.33 Å². The lowest BCUT2D eigenvalue weighted by molar-refractivity contribution is 0.787. The zero-order valence-electron chi connectivity index (χ0n) is 9.39. The van der Waals surface area contributed by atoms with E-state index >= 15 is 0 Å². The predicted octanol–water partition coefficient (Wildman–Crippen LogP) is 1.09. The summed E-state index contributed by atoms with van der Waals surface area (Å²) in [5.74, 6) is 0.696. The molecule has 3 aromatic rings. The molecule has 0 aliphatic rings. The van der Waals surface area contributed by atoms with Crippen molar-refractivity contribution in [1.82, 2.24) is 24.7 Å². The Morgan fingerprint density at radius 1 is 1.17 bits per heavy atom. The van der Waals surface area contributed by atoms with Gasteiger partial charge < -0.3 is 5.73 Å². The standard InChI is InChI=1S/C11H10N6.ClH/c12-5-11-15-7-16-17(11)8-4-10-9(14-6-8)2-1-3-13-10;/h1-4,6-7H,5,12H2;1H. The molecule has 0 saturated heterocycles. The summed E-state index contributed by atoms with van der Waals surface area (Å²) < 4.78 is 1.67. The van der Waals surface area contributed by atoms with Crippen LogP contribution in [0.3, 0.4) is 0 Å². The van der Waals surface area contributed by atoms with Crippen LogP contribution in [0.5, 0.6) is 0 Å². The van der Waals surface area contributed by atoms with E-state index < -0.39 is 0 Å². The third-order valence-electron chi connectivity index (χ3n) is 2.48. The molecule has 92 valence electrons. The normalized spacial score (nSPS) is 10.3. The Hall–Kier alpha value is -2.05. The second-order valence-corrected chi connectivity index (χ2v) is 3.53. The summed E-state index contributed by atoms with van der Waals surface area (Å²) in [6.45, 7) is 0.334. The molecule has 0 unspecified atom stereocenters. The van der Waals surface area contributed by atoms with Gasteiger partial charge in [0.25, 0.3) is 0 Å². The molecule has 0 aliphatic heterocycles. The summed E-state index contributed by atoms with van der Waals surface area (Å²) >= 11 is 0. The van der Waals surface area contributed by atoms with E-state index in [-0.39, 0.29) is 12.4 Å². The van der Waals surface area contributed by atoms with Crippen molar-refractivity contribution in [1.29, 1.82) is 0 Å². The Kier molecular flexibility index (Phi) is 3.50. The minimum Gasteiger partial charge on any atom is -0.324 e. The topological polar surface area (TPSA) is 82.5 Å². The van der Waals surface area contributed by atoms with Crippen LogP contribution in [0.2, 0.25) is 0 Å². The molecule has 3 heterocycles. The molecule has 0 fully saturated rings. The average molecular weight is 263 g/mol. The molecular weight excluding hydrogens is 252 g/mol. The highest BCUT2D eigenvalue weighted by atomic mass is 35.5. The van der Waals surface area contributed by atoms with E-state index in [1.54, 1.807) is 17.1 Å². The average Bonchev–Trinajstić information content (AvgIpc) is 2.86. The molecule has 3 rings (SSSR count). The molecular formula is C11H11ClN6. The summed E-state index contributed by atoms with van der Waals surface area (Å²) in [6.07, 6.45) is 4.95. The van der Waals surface area contributed by atoms with E-state index in [9.17, 15) is 0 Å². The van der Waals surface area contributed by atoms with Crippen molar-refractivity contribution in [2.24, 2.45) is 5.73 Å². The molecule has 0 aromatic carbocycles. The second-order valence-electron chi connectivity index (χ2n) is 3.53. The zero-order chi connectivity index (χ0) is 11.7. The maximum atomic E-state index is 5.59. The number of halogens is 1. The van der Waals surface area contributed by atoms with Gasteiger partial charge in [0.2, 0.25) is 0 Å². The van der Waals surface area contributed by atoms with Gasteiger partial charge in [-0.1, -0.05) is 0 Å². The molecule has 18 heavy (non-hydrogen) atoms. The van der Waals surface area contributed by atoms with Crippen LogP contribution < -0.4 is 5.73 Å². The number of hydrogen-bond acceptors (Lipinski definition) is 5. The fourth-order valence-electron chi connectivity index (χ4n) is 1.68. The van der Waals surface area contributed by atoms with E-state index in [2.05, 4.69) is 20.1 Å². The molecule has 0 bridgehead atoms. The molecule has 0 aliphatic carbocycles. The Labute approximate surface area is 109 Å². The van der Waals surface area contributed by atoms with Gasteiger partial charge in [-0.15, -0.1) is 12.4 Å². The van der Waals surface area contributed by atoms with Crippen LogP contribution in [0.25, 0.3) is 16.7 Å². The highest BCUT2D eigenvalue weighted by Gasteiger charge is 2.06. The number of aromatic nitrogens is 5. The largest absolute Gasteiger partial charge is 0.324 e. The van der Waals surface area contributed by atoms with Crippen LogP contribution in [0.4, 0.5) is 0 Å². The van der Waals surface area contributed by atoms with Gasteiger partial charge in [-0.3, -0.25) is 9.97 Å². The third kappa shape index (κ3) is 2.03. The van der Waals surface area contributed by atoms with Gasteiger partial charge in [0.1, 0.15) is 12.2 Å². The van der Waals surface area contributed by atoms with Crippen LogP contribution in [0.1, 0.15) is 5.82 Å². The van der Waals surface area contributed by atoms with Crippen molar-refractivity contribution in [3.8, 4) is 5.69 Å². The minimum atomic E-state index is 0. The maximum Gasteiger partial charge on any atom is 0.146 e. The van der Waals surface area contributed by atoms with Crippen molar-refractivity contribution in [3.05, 3.63) is 42.7 Å². The van der Waals surface area contributed by atoms with Gasteiger partial charge in [-0.25, -0.2) is 9.67 Å². The highest BCUT2D eigenvalue weighted by Crippen LogP contribution is 2.13. The molecule has 2 N–H and O–H groups in total. The van der Waals surface area contributed by atoms with Crippen LogP contribution >= 0.6 is 12.4 Å². The first-order valence-corrected chi connectivity index (χ1v) is 5.18. The van der Waals surface area contributed by atoms with Gasteiger partial charge in [0.05, 0.1) is 29.5 Å². The Morgan fingerprint density at radius 2 is 2.06 bits per heavy atom. The van der Waals surface area contributed by atoms with Crippen molar-refractivity contribution in [3.63, 3.8) is 0 Å². The highest BCUT2D eigenvalue weighted by molar-refractivity contribution is 5.85. The Bertz CT molecular complexity index is 665. The number of rotatable bonds is 2. The fourth-order valence-corrected chi connectivity index (χ4v) is 1.68.